The van der Waals surface area contributed by atoms with Crippen molar-refractivity contribution in [3.8, 4) is 0 Å². The molecule has 0 amide bonds. The molecule has 6 nitrogen and oxygen atoms in total. The molecule has 0 fully saturated rings. The largest absolute Gasteiger partial charge is 0.494 e. The Morgan fingerprint density at radius 1 is 1.50 bits per heavy atom. The van der Waals surface area contributed by atoms with Gasteiger partial charge in [-0.3, -0.25) is 0 Å². The fourth-order valence-electron chi connectivity index (χ4n) is 1.96. The molecular weight excluding hydrogens is 285 g/mol. The number of benzene rings is 1. The molecule has 0 atom stereocenters. The minimum absolute atomic E-state index is 0.129. The molecule has 102 valence electrons. The predicted molar refractivity (Wildman–Crippen MR) is 73.5 cm³/mol. The van der Waals surface area contributed by atoms with Crippen molar-refractivity contribution >= 4 is 41.6 Å². The van der Waals surface area contributed by atoms with Gasteiger partial charge in [0.2, 0.25) is 5.95 Å². The van der Waals surface area contributed by atoms with E-state index in [0.717, 1.165) is 0 Å². The molecule has 1 aliphatic heterocycles. The van der Waals surface area contributed by atoms with Gasteiger partial charge in [-0.15, -0.1) is 0 Å². The van der Waals surface area contributed by atoms with E-state index in [1.807, 2.05) is 0 Å². The van der Waals surface area contributed by atoms with Gasteiger partial charge in [0.25, 0.3) is 0 Å². The number of nitrogens with two attached hydrogens (primary N) is 1. The number of nitrogens with one attached hydrogen (secondary N) is 1. The third kappa shape index (κ3) is 2.28. The fourth-order valence-corrected chi connectivity index (χ4v) is 2.06. The van der Waals surface area contributed by atoms with Gasteiger partial charge in [-0.2, -0.15) is 4.98 Å². The lowest BCUT2D eigenvalue weighted by Crippen LogP contribution is -2.31. The third-order valence-electron chi connectivity index (χ3n) is 2.89. The third-order valence-corrected chi connectivity index (χ3v) is 3.18. The summed E-state index contributed by atoms with van der Waals surface area (Å²) in [7, 11) is -1.22. The summed E-state index contributed by atoms with van der Waals surface area (Å²) in [5.41, 5.74) is 6.72. The van der Waals surface area contributed by atoms with Crippen LogP contribution in [0.25, 0.3) is 0 Å². The average molecular weight is 294 g/mol. The maximum atomic E-state index is 13.9. The topological polar surface area (TPSA) is 93.3 Å². The van der Waals surface area contributed by atoms with Crippen LogP contribution in [-0.2, 0) is 11.3 Å². The van der Waals surface area contributed by atoms with Crippen molar-refractivity contribution in [2.45, 2.75) is 6.61 Å². The van der Waals surface area contributed by atoms with Crippen molar-refractivity contribution in [2.75, 3.05) is 11.1 Å². The zero-order valence-corrected chi connectivity index (χ0v) is 10.9. The molecule has 9 heteroatoms. The summed E-state index contributed by atoms with van der Waals surface area (Å²) in [4.78, 5) is 7.86. The molecule has 0 unspecified atom stereocenters. The van der Waals surface area contributed by atoms with Crippen LogP contribution in [-0.4, -0.2) is 22.1 Å². The maximum absolute atomic E-state index is 13.9. The molecule has 0 saturated heterocycles. The van der Waals surface area contributed by atoms with Crippen molar-refractivity contribution in [3.05, 3.63) is 34.7 Å². The molecule has 2 aromatic rings. The number of rotatable bonds is 2. The summed E-state index contributed by atoms with van der Waals surface area (Å²) < 4.78 is 18.8. The first-order chi connectivity index (χ1) is 9.54. The van der Waals surface area contributed by atoms with Crippen LogP contribution in [0.4, 0.5) is 21.8 Å². The number of fused-ring (bicyclic) bond motifs is 1. The number of anilines is 3. The summed E-state index contributed by atoms with van der Waals surface area (Å²) in [6, 6.07) is 2.88. The summed E-state index contributed by atoms with van der Waals surface area (Å²) in [6.07, 6.45) is 1.35. The molecule has 0 spiro atoms. The molecule has 3 rings (SSSR count). The SMILES string of the molecule is Nc1nc(Nc2cc(F)c3c(c2)COB3O)ncc1Cl. The Balaban J connectivity index is 1.92. The van der Waals surface area contributed by atoms with Crippen LogP contribution < -0.4 is 16.5 Å². The number of aromatic nitrogens is 2. The van der Waals surface area contributed by atoms with Crippen molar-refractivity contribution in [3.63, 3.8) is 0 Å². The highest BCUT2D eigenvalue weighted by Crippen LogP contribution is 2.22. The van der Waals surface area contributed by atoms with E-state index in [0.29, 0.717) is 11.3 Å². The van der Waals surface area contributed by atoms with Gasteiger partial charge in [0.1, 0.15) is 16.7 Å². The average Bonchev–Trinajstić information content (AvgIpc) is 2.76. The summed E-state index contributed by atoms with van der Waals surface area (Å²) in [6.45, 7) is 0.145. The number of halogens is 2. The molecule has 1 aromatic carbocycles. The minimum Gasteiger partial charge on any atom is -0.423 e. The van der Waals surface area contributed by atoms with Crippen LogP contribution in [0.2, 0.25) is 5.02 Å². The molecule has 1 aromatic heterocycles. The predicted octanol–water partition coefficient (Wildman–Crippen LogP) is 0.813. The smallest absolute Gasteiger partial charge is 0.423 e. The van der Waals surface area contributed by atoms with Crippen molar-refractivity contribution < 1.29 is 14.1 Å². The van der Waals surface area contributed by atoms with Gasteiger partial charge in [-0.25, -0.2) is 9.37 Å². The van der Waals surface area contributed by atoms with Gasteiger partial charge < -0.3 is 20.7 Å². The zero-order chi connectivity index (χ0) is 14.3. The highest BCUT2D eigenvalue weighted by molar-refractivity contribution is 6.61. The first kappa shape index (κ1) is 13.1. The Hall–Kier alpha value is -1.90. The second kappa shape index (κ2) is 4.90. The molecule has 0 aliphatic carbocycles. The molecule has 4 N–H and O–H groups in total. The van der Waals surface area contributed by atoms with E-state index in [9.17, 15) is 9.41 Å². The molecule has 0 radical (unpaired) electrons. The van der Waals surface area contributed by atoms with Crippen molar-refractivity contribution in [1.82, 2.24) is 9.97 Å². The van der Waals surface area contributed by atoms with Crippen LogP contribution >= 0.6 is 11.6 Å². The van der Waals surface area contributed by atoms with Gasteiger partial charge in [0.15, 0.2) is 0 Å². The number of nitrogen functional groups attached to an aromatic ring is 1. The highest BCUT2D eigenvalue weighted by Gasteiger charge is 2.31. The lowest BCUT2D eigenvalue weighted by molar-refractivity contribution is 0.275. The Morgan fingerprint density at radius 3 is 3.05 bits per heavy atom. The number of hydrogen-bond donors (Lipinski definition) is 3. The normalized spacial score (nSPS) is 13.4. The molecule has 0 bridgehead atoms. The Labute approximate surface area is 118 Å². The summed E-state index contributed by atoms with van der Waals surface area (Å²) in [5.74, 6) is -0.229. The lowest BCUT2D eigenvalue weighted by atomic mass is 9.79. The van der Waals surface area contributed by atoms with Crippen molar-refractivity contribution in [2.24, 2.45) is 0 Å². The minimum atomic E-state index is -1.22. The standard InChI is InChI=1S/C11H9BClFN4O2/c13-7-3-16-11(18-10(7)15)17-6-1-5-4-20-12(19)9(5)8(14)2-6/h1-3,19H,4H2,(H3,15,16,17,18). The summed E-state index contributed by atoms with van der Waals surface area (Å²) >= 11 is 5.72. The second-order valence-corrected chi connectivity index (χ2v) is 4.65. The first-order valence-corrected chi connectivity index (χ1v) is 6.09. The van der Waals surface area contributed by atoms with Gasteiger partial charge in [0, 0.05) is 11.2 Å². The Kier molecular flexibility index (Phi) is 3.21. The van der Waals surface area contributed by atoms with E-state index in [1.165, 1.54) is 12.3 Å². The van der Waals surface area contributed by atoms with E-state index >= 15 is 0 Å². The molecule has 0 saturated carbocycles. The quantitative estimate of drug-likeness (QED) is 0.710. The molecular formula is C11H9BClFN4O2. The van der Waals surface area contributed by atoms with E-state index < -0.39 is 12.9 Å². The van der Waals surface area contributed by atoms with E-state index in [4.69, 9.17) is 22.0 Å². The van der Waals surface area contributed by atoms with Crippen LogP contribution in [0, 0.1) is 5.82 Å². The summed E-state index contributed by atoms with van der Waals surface area (Å²) in [5, 5.41) is 12.5. The van der Waals surface area contributed by atoms with Crippen LogP contribution in [0.15, 0.2) is 18.3 Å². The van der Waals surface area contributed by atoms with E-state index in [-0.39, 0.29) is 28.9 Å². The van der Waals surface area contributed by atoms with E-state index in [1.54, 1.807) is 6.07 Å². The van der Waals surface area contributed by atoms with E-state index in [2.05, 4.69) is 15.3 Å². The Bertz CT molecular complexity index is 688. The molecule has 1 aliphatic rings. The molecule has 20 heavy (non-hydrogen) atoms. The van der Waals surface area contributed by atoms with Crippen LogP contribution in [0.5, 0.6) is 0 Å². The van der Waals surface area contributed by atoms with Crippen LogP contribution in [0.1, 0.15) is 5.56 Å². The van der Waals surface area contributed by atoms with Gasteiger partial charge in [-0.1, -0.05) is 11.6 Å². The fraction of sp³-hybridized carbons (Fsp3) is 0.0909. The molecule has 2 heterocycles. The lowest BCUT2D eigenvalue weighted by Gasteiger charge is -2.08. The van der Waals surface area contributed by atoms with Gasteiger partial charge in [0.05, 0.1) is 12.8 Å². The van der Waals surface area contributed by atoms with Crippen LogP contribution in [0.3, 0.4) is 0 Å². The number of nitrogens with zero attached hydrogens (tertiary/aromatic N) is 2. The number of hydrogen-bond acceptors (Lipinski definition) is 6. The zero-order valence-electron chi connectivity index (χ0n) is 10.1. The van der Waals surface area contributed by atoms with Gasteiger partial charge in [-0.05, 0) is 17.7 Å². The van der Waals surface area contributed by atoms with Gasteiger partial charge >= 0.3 is 7.12 Å². The second-order valence-electron chi connectivity index (χ2n) is 4.25. The highest BCUT2D eigenvalue weighted by atomic mass is 35.5. The Morgan fingerprint density at radius 2 is 2.30 bits per heavy atom. The first-order valence-electron chi connectivity index (χ1n) is 5.71. The monoisotopic (exact) mass is 294 g/mol. The maximum Gasteiger partial charge on any atom is 0.494 e. The van der Waals surface area contributed by atoms with Crippen molar-refractivity contribution in [1.29, 1.82) is 0 Å².